The molecule has 0 amide bonds. The van der Waals surface area contributed by atoms with Gasteiger partial charge in [-0.1, -0.05) is 19.8 Å². The third-order valence-corrected chi connectivity index (χ3v) is 2.81. The summed E-state index contributed by atoms with van der Waals surface area (Å²) in [7, 11) is 0. The van der Waals surface area contributed by atoms with Crippen molar-refractivity contribution in [3.63, 3.8) is 0 Å². The molecule has 1 saturated carbocycles. The lowest BCUT2D eigenvalue weighted by atomic mass is 9.65. The van der Waals surface area contributed by atoms with Crippen LogP contribution in [0.4, 0.5) is 0 Å². The zero-order valence-corrected chi connectivity index (χ0v) is 6.19. The highest BCUT2D eigenvalue weighted by Gasteiger charge is 2.33. The zero-order valence-electron chi connectivity index (χ0n) is 6.19. The minimum absolute atomic E-state index is 0.383. The Morgan fingerprint density at radius 3 is 2.22 bits per heavy atom. The molecule has 1 aliphatic rings. The summed E-state index contributed by atoms with van der Waals surface area (Å²) in [5.41, 5.74) is 0.564. The van der Waals surface area contributed by atoms with Crippen LogP contribution in [0, 0.1) is 5.41 Å². The van der Waals surface area contributed by atoms with E-state index in [2.05, 4.69) is 6.92 Å². The van der Waals surface area contributed by atoms with E-state index >= 15 is 0 Å². The van der Waals surface area contributed by atoms with E-state index < -0.39 is 0 Å². The lowest BCUT2D eigenvalue weighted by molar-refractivity contribution is 0.0829. The predicted molar refractivity (Wildman–Crippen MR) is 38.3 cm³/mol. The highest BCUT2D eigenvalue weighted by molar-refractivity contribution is 4.85. The summed E-state index contributed by atoms with van der Waals surface area (Å²) in [6.07, 6.45) is 6.37. The van der Waals surface area contributed by atoms with Gasteiger partial charge in [-0.3, -0.25) is 0 Å². The third-order valence-electron chi connectivity index (χ3n) is 2.81. The first-order valence-electron chi connectivity index (χ1n) is 3.94. The maximum Gasteiger partial charge on any atom is 0.0436 e. The van der Waals surface area contributed by atoms with Crippen LogP contribution in [-0.2, 0) is 0 Å². The molecule has 0 atom stereocenters. The van der Waals surface area contributed by atoms with Gasteiger partial charge in [-0.05, 0) is 24.7 Å². The SMILES string of the molecule is CCC1(CCO)CCC1. The first-order chi connectivity index (χ1) is 4.33. The molecule has 0 spiro atoms. The van der Waals surface area contributed by atoms with Crippen molar-refractivity contribution in [1.82, 2.24) is 0 Å². The van der Waals surface area contributed by atoms with Gasteiger partial charge in [-0.2, -0.15) is 0 Å². The van der Waals surface area contributed by atoms with Crippen LogP contribution in [0.25, 0.3) is 0 Å². The molecule has 0 aromatic rings. The monoisotopic (exact) mass is 128 g/mol. The van der Waals surface area contributed by atoms with Crippen LogP contribution < -0.4 is 0 Å². The molecule has 54 valence electrons. The van der Waals surface area contributed by atoms with Crippen molar-refractivity contribution in [2.75, 3.05) is 6.61 Å². The number of hydrogen-bond acceptors (Lipinski definition) is 1. The van der Waals surface area contributed by atoms with Crippen molar-refractivity contribution >= 4 is 0 Å². The van der Waals surface area contributed by atoms with E-state index in [1.165, 1.54) is 25.7 Å². The Kier molecular flexibility index (Phi) is 2.12. The first kappa shape index (κ1) is 7.07. The third kappa shape index (κ3) is 1.26. The first-order valence-corrected chi connectivity index (χ1v) is 3.94. The fourth-order valence-electron chi connectivity index (χ4n) is 1.69. The molecule has 0 aromatic carbocycles. The van der Waals surface area contributed by atoms with E-state index in [0.29, 0.717) is 12.0 Å². The molecule has 0 heterocycles. The van der Waals surface area contributed by atoms with Crippen molar-refractivity contribution in [2.24, 2.45) is 5.41 Å². The van der Waals surface area contributed by atoms with Crippen LogP contribution in [0.1, 0.15) is 39.0 Å². The van der Waals surface area contributed by atoms with Crippen molar-refractivity contribution in [3.8, 4) is 0 Å². The average molecular weight is 128 g/mol. The van der Waals surface area contributed by atoms with Crippen LogP contribution in [0.5, 0.6) is 0 Å². The van der Waals surface area contributed by atoms with Gasteiger partial charge in [-0.15, -0.1) is 0 Å². The highest BCUT2D eigenvalue weighted by atomic mass is 16.3. The standard InChI is InChI=1S/C8H16O/c1-2-8(6-7-9)4-3-5-8/h9H,2-7H2,1H3. The molecule has 1 heteroatoms. The molecule has 1 N–H and O–H groups in total. The second-order valence-corrected chi connectivity index (χ2v) is 3.18. The van der Waals surface area contributed by atoms with E-state index in [1.807, 2.05) is 0 Å². The summed E-state index contributed by atoms with van der Waals surface area (Å²) in [5.74, 6) is 0. The molecule has 0 unspecified atom stereocenters. The largest absolute Gasteiger partial charge is 0.396 e. The number of rotatable bonds is 3. The maximum absolute atomic E-state index is 8.70. The van der Waals surface area contributed by atoms with Gasteiger partial charge in [-0.25, -0.2) is 0 Å². The van der Waals surface area contributed by atoms with Crippen LogP contribution in [0.3, 0.4) is 0 Å². The molecule has 1 rings (SSSR count). The molecule has 0 aliphatic heterocycles. The Balaban J connectivity index is 2.28. The van der Waals surface area contributed by atoms with Crippen molar-refractivity contribution in [1.29, 1.82) is 0 Å². The molecular weight excluding hydrogens is 112 g/mol. The van der Waals surface area contributed by atoms with Crippen LogP contribution in [0.2, 0.25) is 0 Å². The van der Waals surface area contributed by atoms with E-state index in [9.17, 15) is 0 Å². The van der Waals surface area contributed by atoms with E-state index in [4.69, 9.17) is 5.11 Å². The minimum atomic E-state index is 0.383. The summed E-state index contributed by atoms with van der Waals surface area (Å²) in [5, 5.41) is 8.70. The minimum Gasteiger partial charge on any atom is -0.396 e. The Morgan fingerprint density at radius 1 is 1.44 bits per heavy atom. The molecule has 9 heavy (non-hydrogen) atoms. The van der Waals surface area contributed by atoms with Gasteiger partial charge in [0.15, 0.2) is 0 Å². The van der Waals surface area contributed by atoms with Crippen molar-refractivity contribution in [3.05, 3.63) is 0 Å². The number of aliphatic hydroxyl groups excluding tert-OH is 1. The second-order valence-electron chi connectivity index (χ2n) is 3.18. The fourth-order valence-corrected chi connectivity index (χ4v) is 1.69. The molecule has 0 aromatic heterocycles. The van der Waals surface area contributed by atoms with Crippen LogP contribution >= 0.6 is 0 Å². The summed E-state index contributed by atoms with van der Waals surface area (Å²) in [6.45, 7) is 2.61. The van der Waals surface area contributed by atoms with Gasteiger partial charge in [0, 0.05) is 6.61 Å². The molecule has 1 aliphatic carbocycles. The average Bonchev–Trinajstić information content (AvgIpc) is 1.79. The van der Waals surface area contributed by atoms with Crippen LogP contribution in [-0.4, -0.2) is 11.7 Å². The Hall–Kier alpha value is -0.0400. The van der Waals surface area contributed by atoms with Crippen LogP contribution in [0.15, 0.2) is 0 Å². The quantitative estimate of drug-likeness (QED) is 0.616. The van der Waals surface area contributed by atoms with E-state index in [0.717, 1.165) is 6.42 Å². The predicted octanol–water partition coefficient (Wildman–Crippen LogP) is 1.95. The van der Waals surface area contributed by atoms with Gasteiger partial charge in [0.1, 0.15) is 0 Å². The van der Waals surface area contributed by atoms with Gasteiger partial charge < -0.3 is 5.11 Å². The topological polar surface area (TPSA) is 20.2 Å². The summed E-state index contributed by atoms with van der Waals surface area (Å²) >= 11 is 0. The summed E-state index contributed by atoms with van der Waals surface area (Å²) in [4.78, 5) is 0. The molecule has 1 fully saturated rings. The van der Waals surface area contributed by atoms with Gasteiger partial charge in [0.25, 0.3) is 0 Å². The fraction of sp³-hybridized carbons (Fsp3) is 1.00. The Bertz CT molecular complexity index is 79.1. The second kappa shape index (κ2) is 2.70. The highest BCUT2D eigenvalue weighted by Crippen LogP contribution is 2.46. The summed E-state index contributed by atoms with van der Waals surface area (Å²) in [6, 6.07) is 0. The van der Waals surface area contributed by atoms with E-state index in [1.54, 1.807) is 0 Å². The summed E-state index contributed by atoms with van der Waals surface area (Å²) < 4.78 is 0. The van der Waals surface area contributed by atoms with Gasteiger partial charge >= 0.3 is 0 Å². The van der Waals surface area contributed by atoms with Gasteiger partial charge in [0.2, 0.25) is 0 Å². The maximum atomic E-state index is 8.70. The molecule has 0 radical (unpaired) electrons. The number of hydrogen-bond donors (Lipinski definition) is 1. The molecule has 0 bridgehead atoms. The van der Waals surface area contributed by atoms with E-state index in [-0.39, 0.29) is 0 Å². The smallest absolute Gasteiger partial charge is 0.0436 e. The normalized spacial score (nSPS) is 23.3. The molecular formula is C8H16O. The lowest BCUT2D eigenvalue weighted by Gasteiger charge is -2.40. The van der Waals surface area contributed by atoms with Gasteiger partial charge in [0.05, 0.1) is 0 Å². The Labute approximate surface area is 57.1 Å². The molecule has 0 saturated heterocycles. The van der Waals surface area contributed by atoms with Crippen molar-refractivity contribution in [2.45, 2.75) is 39.0 Å². The molecule has 1 nitrogen and oxygen atoms in total. The lowest BCUT2D eigenvalue weighted by Crippen LogP contribution is -2.29. The van der Waals surface area contributed by atoms with Crippen molar-refractivity contribution < 1.29 is 5.11 Å². The Morgan fingerprint density at radius 2 is 2.11 bits per heavy atom. The number of aliphatic hydroxyl groups is 1. The zero-order chi connectivity index (χ0) is 6.74.